The Morgan fingerprint density at radius 1 is 0.754 bits per heavy atom. The Balaban J connectivity index is 1.68. The summed E-state index contributed by atoms with van der Waals surface area (Å²) < 4.78 is 87.1. The molecule has 0 saturated heterocycles. The Labute approximate surface area is 328 Å². The van der Waals surface area contributed by atoms with Gasteiger partial charge in [0.1, 0.15) is 38.0 Å². The molecule has 4 aromatic rings. The number of nitrogens with zero attached hydrogens (tertiary/aromatic N) is 4. The van der Waals surface area contributed by atoms with Crippen LogP contribution < -0.4 is 10.6 Å². The van der Waals surface area contributed by atoms with Crippen LogP contribution in [-0.2, 0) is 24.2 Å². The van der Waals surface area contributed by atoms with Crippen LogP contribution in [-0.4, -0.2) is 93.6 Å². The first kappa shape index (κ1) is 44.6. The van der Waals surface area contributed by atoms with Gasteiger partial charge in [-0.1, -0.05) is 30.7 Å². The number of phenolic OH excluding ortho intramolecular Hbond substituents is 2. The molecule has 57 heavy (non-hydrogen) atoms. The summed E-state index contributed by atoms with van der Waals surface area (Å²) in [4.78, 5) is 33.2. The minimum atomic E-state index is -4.78. The molecule has 0 aliphatic heterocycles. The Morgan fingerprint density at radius 3 is 2.07 bits per heavy atom. The van der Waals surface area contributed by atoms with Gasteiger partial charge in [0.25, 0.3) is 5.91 Å². The largest absolute Gasteiger partial charge is 0.505 e. The van der Waals surface area contributed by atoms with Gasteiger partial charge in [0.15, 0.2) is 27.1 Å². The summed E-state index contributed by atoms with van der Waals surface area (Å²) in [6.07, 6.45) is 1.59. The molecule has 0 aromatic heterocycles. The predicted octanol–water partition coefficient (Wildman–Crippen LogP) is 7.52. The summed E-state index contributed by atoms with van der Waals surface area (Å²) in [5.74, 6) is -4.89. The number of anilines is 1. The summed E-state index contributed by atoms with van der Waals surface area (Å²) in [6.45, 7) is 1.41. The zero-order valence-corrected chi connectivity index (χ0v) is 32.4. The Kier molecular flexibility index (Phi) is 14.8. The number of azo groups is 2. The van der Waals surface area contributed by atoms with Gasteiger partial charge in [0.2, 0.25) is 6.04 Å². The number of fused-ring (bicyclic) bond motifs is 1. The monoisotopic (exact) mass is 852 g/mol. The predicted molar refractivity (Wildman–Crippen MR) is 210 cm³/mol. The zero-order valence-electron chi connectivity index (χ0n) is 30.0. The fourth-order valence-electron chi connectivity index (χ4n) is 5.16. The number of carboxylic acid groups (broad SMARTS) is 1. The van der Waals surface area contributed by atoms with E-state index in [0.717, 1.165) is 19.1 Å². The number of aromatic hydroxyl groups is 2. The number of carbonyl (C=O) groups is 3. The van der Waals surface area contributed by atoms with Gasteiger partial charge in [-0.05, 0) is 74.2 Å². The zero-order chi connectivity index (χ0) is 42.1. The van der Waals surface area contributed by atoms with Crippen molar-refractivity contribution in [1.29, 1.82) is 0 Å². The average Bonchev–Trinajstić information content (AvgIpc) is 3.12. The molecule has 0 aliphatic carbocycles. The number of phenols is 2. The van der Waals surface area contributed by atoms with Crippen molar-refractivity contribution >= 4 is 82.8 Å². The lowest BCUT2D eigenvalue weighted by Gasteiger charge is -2.22. The van der Waals surface area contributed by atoms with Gasteiger partial charge in [0, 0.05) is 24.0 Å². The van der Waals surface area contributed by atoms with Gasteiger partial charge in [0.05, 0.1) is 21.2 Å². The number of unbranched alkanes of at least 4 members (excludes halogenated alkanes) is 2. The molecule has 0 radical (unpaired) electrons. The van der Waals surface area contributed by atoms with E-state index in [1.165, 1.54) is 18.2 Å². The molecular weight excluding hydrogens is 813 g/mol. The number of aliphatic carboxylic acids is 1. The average molecular weight is 853 g/mol. The van der Waals surface area contributed by atoms with Crippen LogP contribution in [0, 0.1) is 0 Å². The molecule has 0 aliphatic rings. The van der Waals surface area contributed by atoms with Crippen LogP contribution in [0.5, 0.6) is 11.5 Å². The fraction of sp³-hybridized carbons (Fsp3) is 0.265. The number of carbonyl (C=O) groups excluding carboxylic acids is 2. The molecule has 0 heterocycles. The molecule has 1 atom stereocenters. The summed E-state index contributed by atoms with van der Waals surface area (Å²) >= 11 is 0. The van der Waals surface area contributed by atoms with E-state index in [4.69, 9.17) is 5.11 Å². The van der Waals surface area contributed by atoms with E-state index in [1.807, 2.05) is 0 Å². The molecular formula is C34H40N6O14S3. The Morgan fingerprint density at radius 2 is 1.44 bits per heavy atom. The molecule has 11 N–H and O–H groups in total. The van der Waals surface area contributed by atoms with Crippen molar-refractivity contribution < 1.29 is 65.4 Å². The minimum Gasteiger partial charge on any atom is -0.505 e. The second-order valence-corrected chi connectivity index (χ2v) is 17.4. The second-order valence-electron chi connectivity index (χ2n) is 12.4. The number of hydrogen-bond acceptors (Lipinski definition) is 18. The molecule has 4 rings (SSSR count). The van der Waals surface area contributed by atoms with E-state index >= 15 is 0 Å². The molecule has 1 amide bonds. The van der Waals surface area contributed by atoms with Gasteiger partial charge in [-0.2, -0.15) is 10.2 Å². The number of amides is 1. The van der Waals surface area contributed by atoms with E-state index in [2.05, 4.69) is 31.1 Å². The molecule has 1 unspecified atom stereocenters. The van der Waals surface area contributed by atoms with Crippen molar-refractivity contribution in [2.45, 2.75) is 53.3 Å². The van der Waals surface area contributed by atoms with Crippen LogP contribution in [0.25, 0.3) is 10.8 Å². The number of rotatable bonds is 19. The van der Waals surface area contributed by atoms with E-state index in [9.17, 15) is 60.3 Å². The van der Waals surface area contributed by atoms with E-state index in [-0.39, 0.29) is 29.4 Å². The molecule has 23 heteroatoms. The number of nitrogens with one attached hydrogen (secondary N) is 2. The normalized spacial score (nSPS) is 13.6. The van der Waals surface area contributed by atoms with Crippen molar-refractivity contribution in [3.05, 3.63) is 66.7 Å². The van der Waals surface area contributed by atoms with Gasteiger partial charge in [-0.3, -0.25) is 14.4 Å². The maximum atomic E-state index is 13.2. The summed E-state index contributed by atoms with van der Waals surface area (Å²) in [7, 11) is -13.7. The highest BCUT2D eigenvalue weighted by molar-refractivity contribution is 8.19. The highest BCUT2D eigenvalue weighted by Gasteiger charge is 2.29. The minimum absolute atomic E-state index is 0.000883. The van der Waals surface area contributed by atoms with E-state index in [0.29, 0.717) is 37.6 Å². The number of carboxylic acids is 1. The molecule has 20 nitrogen and oxygen atoms in total. The van der Waals surface area contributed by atoms with E-state index < -0.39 is 98.6 Å². The third kappa shape index (κ3) is 12.2. The number of ketones is 1. The molecule has 308 valence electrons. The van der Waals surface area contributed by atoms with Gasteiger partial charge >= 0.3 is 5.97 Å². The maximum Gasteiger partial charge on any atom is 0.303 e. The first-order chi connectivity index (χ1) is 26.7. The third-order valence-electron chi connectivity index (χ3n) is 8.03. The third-order valence-corrected chi connectivity index (χ3v) is 11.5. The maximum absolute atomic E-state index is 13.2. The quantitative estimate of drug-likeness (QED) is 0.0247. The van der Waals surface area contributed by atoms with Crippen LogP contribution in [0.15, 0.2) is 102 Å². The molecule has 0 spiro atoms. The smallest absolute Gasteiger partial charge is 0.303 e. The number of para-hydroxylation sites is 1. The number of hydrogen-bond donors (Lipinski definition) is 11. The summed E-state index contributed by atoms with van der Waals surface area (Å²) in [5.41, 5.74) is -1.21. The highest BCUT2D eigenvalue weighted by Crippen LogP contribution is 2.56. The van der Waals surface area contributed by atoms with Gasteiger partial charge < -0.3 is 53.3 Å². The van der Waals surface area contributed by atoms with Crippen molar-refractivity contribution in [2.75, 3.05) is 24.2 Å². The standard InChI is InChI=1S/C34H40N6O14S3/c1-20(41)30(34(46)36-22-8-4-2-5-9-22)39-37-23-12-11-21-16-27(56(49,50)51)31(32(44)25(21)17-23)40-38-26-18-24(19-28(33(26)45)57(52,53)54)55(47,48)15-14-35-13-7-3-6-10-29(42)43/h2,4-5,8-9,11-12,16-19,30,35,44-45,49-54H,3,6-7,10,13-15H2,1H3,(H,36,46)(H,42,43). The highest BCUT2D eigenvalue weighted by atomic mass is 32.3. The first-order valence-corrected chi connectivity index (χ1v) is 21.4. The van der Waals surface area contributed by atoms with Crippen LogP contribution in [0.4, 0.5) is 22.7 Å². The molecule has 4 aromatic carbocycles. The van der Waals surface area contributed by atoms with Crippen molar-refractivity contribution in [3.8, 4) is 11.5 Å². The first-order valence-electron chi connectivity index (χ1n) is 16.7. The number of Topliss-reactive ketones (excluding diaryl/α,β-unsaturated/α-hetero) is 1. The van der Waals surface area contributed by atoms with Crippen molar-refractivity contribution in [3.63, 3.8) is 0 Å². The van der Waals surface area contributed by atoms with Crippen molar-refractivity contribution in [2.24, 2.45) is 20.5 Å². The molecule has 0 saturated carbocycles. The fourth-order valence-corrected chi connectivity index (χ4v) is 7.80. The van der Waals surface area contributed by atoms with Crippen LogP contribution in [0.3, 0.4) is 0 Å². The number of sulfone groups is 1. The van der Waals surface area contributed by atoms with Crippen molar-refractivity contribution in [1.82, 2.24) is 5.32 Å². The SMILES string of the molecule is CC(=O)C(N=Nc1ccc2cc(S(O)(O)O)c(N=Nc3cc(S(=O)(=O)CCNCCCCCC(=O)O)cc(S(O)(O)O)c3O)c(O)c2c1)C(=O)Nc1ccccc1. The van der Waals surface area contributed by atoms with Gasteiger partial charge in [-0.15, -0.1) is 10.2 Å². The van der Waals surface area contributed by atoms with Crippen LogP contribution in [0.1, 0.15) is 32.6 Å². The van der Waals surface area contributed by atoms with Crippen LogP contribution in [0.2, 0.25) is 0 Å². The lowest BCUT2D eigenvalue weighted by atomic mass is 10.1. The Bertz CT molecular complexity index is 2300. The lowest BCUT2D eigenvalue weighted by Crippen LogP contribution is -2.31. The van der Waals surface area contributed by atoms with Crippen LogP contribution >= 0.6 is 21.7 Å². The summed E-state index contributed by atoms with van der Waals surface area (Å²) in [6, 6.07) is 13.0. The Hall–Kier alpha value is -5.08. The molecule has 0 bridgehead atoms. The lowest BCUT2D eigenvalue weighted by molar-refractivity contribution is -0.137. The second kappa shape index (κ2) is 18.9. The molecule has 0 fully saturated rings. The summed E-state index contributed by atoms with van der Waals surface area (Å²) in [5, 5.41) is 51.5. The number of benzene rings is 4. The van der Waals surface area contributed by atoms with E-state index in [1.54, 1.807) is 30.3 Å². The topological polar surface area (TPSA) is 341 Å². The van der Waals surface area contributed by atoms with Gasteiger partial charge in [-0.25, -0.2) is 8.42 Å².